The Morgan fingerprint density at radius 3 is 2.39 bits per heavy atom. The summed E-state index contributed by atoms with van der Waals surface area (Å²) in [7, 11) is 0. The van der Waals surface area contributed by atoms with Gasteiger partial charge in [0, 0.05) is 6.04 Å². The fraction of sp³-hybridized carbons (Fsp3) is 0.600. The molecule has 3 nitrogen and oxygen atoms in total. The van der Waals surface area contributed by atoms with Crippen molar-refractivity contribution in [1.29, 1.82) is 0 Å². The van der Waals surface area contributed by atoms with Crippen LogP contribution in [-0.2, 0) is 0 Å². The van der Waals surface area contributed by atoms with E-state index >= 15 is 0 Å². The highest BCUT2D eigenvalue weighted by Crippen LogP contribution is 2.31. The highest BCUT2D eigenvalue weighted by molar-refractivity contribution is 5.28. The van der Waals surface area contributed by atoms with E-state index < -0.39 is 0 Å². The van der Waals surface area contributed by atoms with E-state index in [1.54, 1.807) is 0 Å². The number of nitrogens with two attached hydrogens (primary N) is 1. The number of benzene rings is 1. The summed E-state index contributed by atoms with van der Waals surface area (Å²) in [5.41, 5.74) is 15.2. The number of nitrogens with one attached hydrogen (secondary N) is 2. The molecular formula is C15H25N3. The Morgan fingerprint density at radius 1 is 1.17 bits per heavy atom. The van der Waals surface area contributed by atoms with Gasteiger partial charge in [-0.3, -0.25) is 5.43 Å². The molecule has 18 heavy (non-hydrogen) atoms. The van der Waals surface area contributed by atoms with E-state index in [9.17, 15) is 0 Å². The standard InChI is InChI=1S/C15H25N3/c1-10(2)12-4-6-13(7-5-12)15-14(8-9-16)11(3)17-18-15/h4-7,10-11,14-15,17-18H,8-9,16H2,1-3H3. The third-order valence-corrected chi connectivity index (χ3v) is 4.00. The number of hydrogen-bond donors (Lipinski definition) is 3. The van der Waals surface area contributed by atoms with Gasteiger partial charge in [0.25, 0.3) is 0 Å². The zero-order valence-corrected chi connectivity index (χ0v) is 11.6. The Labute approximate surface area is 110 Å². The minimum atomic E-state index is 0.379. The molecule has 0 aromatic heterocycles. The fourth-order valence-electron chi connectivity index (χ4n) is 2.75. The molecule has 0 amide bonds. The molecule has 1 aromatic rings. The van der Waals surface area contributed by atoms with Crippen molar-refractivity contribution in [3.63, 3.8) is 0 Å². The molecule has 1 aliphatic heterocycles. The Bertz CT molecular complexity index is 372. The number of rotatable bonds is 4. The van der Waals surface area contributed by atoms with Crippen LogP contribution in [0.25, 0.3) is 0 Å². The van der Waals surface area contributed by atoms with Gasteiger partial charge in [-0.05, 0) is 42.9 Å². The van der Waals surface area contributed by atoms with Gasteiger partial charge < -0.3 is 5.73 Å². The molecule has 100 valence electrons. The van der Waals surface area contributed by atoms with Gasteiger partial charge in [-0.15, -0.1) is 0 Å². The van der Waals surface area contributed by atoms with Gasteiger partial charge in [0.1, 0.15) is 0 Å². The summed E-state index contributed by atoms with van der Waals surface area (Å²) in [5.74, 6) is 1.16. The molecule has 0 bridgehead atoms. The summed E-state index contributed by atoms with van der Waals surface area (Å²) in [6, 6.07) is 9.83. The predicted molar refractivity (Wildman–Crippen MR) is 76.2 cm³/mol. The van der Waals surface area contributed by atoms with Crippen molar-refractivity contribution in [1.82, 2.24) is 10.9 Å². The molecule has 1 aliphatic rings. The highest BCUT2D eigenvalue weighted by Gasteiger charge is 2.33. The molecule has 0 saturated carbocycles. The van der Waals surface area contributed by atoms with E-state index in [0.29, 0.717) is 23.9 Å². The number of hydrazine groups is 1. The quantitative estimate of drug-likeness (QED) is 0.765. The Balaban J connectivity index is 2.15. The van der Waals surface area contributed by atoms with Gasteiger partial charge in [0.2, 0.25) is 0 Å². The van der Waals surface area contributed by atoms with Crippen molar-refractivity contribution < 1.29 is 0 Å². The average molecular weight is 247 g/mol. The van der Waals surface area contributed by atoms with E-state index in [-0.39, 0.29) is 0 Å². The summed E-state index contributed by atoms with van der Waals surface area (Å²) in [6.07, 6.45) is 1.05. The highest BCUT2D eigenvalue weighted by atomic mass is 15.4. The van der Waals surface area contributed by atoms with E-state index in [0.717, 1.165) is 13.0 Å². The average Bonchev–Trinajstić information content (AvgIpc) is 2.72. The van der Waals surface area contributed by atoms with Crippen molar-refractivity contribution in [2.24, 2.45) is 11.7 Å². The topological polar surface area (TPSA) is 50.1 Å². The zero-order chi connectivity index (χ0) is 13.1. The Kier molecular flexibility index (Phi) is 4.38. The normalized spacial score (nSPS) is 27.9. The lowest BCUT2D eigenvalue weighted by molar-refractivity contribution is 0.409. The smallest absolute Gasteiger partial charge is 0.0506 e. The maximum absolute atomic E-state index is 5.72. The lowest BCUT2D eigenvalue weighted by Crippen LogP contribution is -2.29. The van der Waals surface area contributed by atoms with Crippen LogP contribution in [0.5, 0.6) is 0 Å². The van der Waals surface area contributed by atoms with Crippen molar-refractivity contribution in [2.75, 3.05) is 6.54 Å². The summed E-state index contributed by atoms with van der Waals surface area (Å²) in [4.78, 5) is 0. The molecule has 1 fully saturated rings. The molecule has 1 heterocycles. The van der Waals surface area contributed by atoms with Crippen molar-refractivity contribution in [3.05, 3.63) is 35.4 Å². The van der Waals surface area contributed by atoms with E-state index in [1.807, 2.05) is 0 Å². The van der Waals surface area contributed by atoms with Crippen LogP contribution in [0.1, 0.15) is 50.3 Å². The molecule has 1 aromatic carbocycles. The second kappa shape index (κ2) is 5.83. The molecule has 3 unspecified atom stereocenters. The second-order valence-corrected chi connectivity index (χ2v) is 5.62. The van der Waals surface area contributed by atoms with Crippen LogP contribution >= 0.6 is 0 Å². The SMILES string of the molecule is CC(C)c1ccc(C2NNC(C)C2CCN)cc1. The van der Waals surface area contributed by atoms with Gasteiger partial charge >= 0.3 is 0 Å². The molecule has 4 N–H and O–H groups in total. The fourth-order valence-corrected chi connectivity index (χ4v) is 2.75. The van der Waals surface area contributed by atoms with Crippen LogP contribution in [0, 0.1) is 5.92 Å². The third kappa shape index (κ3) is 2.74. The minimum Gasteiger partial charge on any atom is -0.330 e. The van der Waals surface area contributed by atoms with Gasteiger partial charge in [0.15, 0.2) is 0 Å². The summed E-state index contributed by atoms with van der Waals surface area (Å²) >= 11 is 0. The first-order valence-electron chi connectivity index (χ1n) is 6.94. The monoisotopic (exact) mass is 247 g/mol. The van der Waals surface area contributed by atoms with Crippen molar-refractivity contribution in [2.45, 2.75) is 45.2 Å². The third-order valence-electron chi connectivity index (χ3n) is 4.00. The van der Waals surface area contributed by atoms with Crippen LogP contribution in [0.2, 0.25) is 0 Å². The molecule has 0 aliphatic carbocycles. The largest absolute Gasteiger partial charge is 0.330 e. The maximum atomic E-state index is 5.72. The first-order valence-corrected chi connectivity index (χ1v) is 6.94. The first-order chi connectivity index (χ1) is 8.63. The van der Waals surface area contributed by atoms with Crippen molar-refractivity contribution in [3.8, 4) is 0 Å². The predicted octanol–water partition coefficient (Wildman–Crippen LogP) is 2.31. The molecule has 0 spiro atoms. The lowest BCUT2D eigenvalue weighted by Gasteiger charge is -2.21. The summed E-state index contributed by atoms with van der Waals surface area (Å²) in [5, 5.41) is 0. The molecule has 3 heteroatoms. The van der Waals surface area contributed by atoms with Crippen LogP contribution in [-0.4, -0.2) is 12.6 Å². The van der Waals surface area contributed by atoms with E-state index in [1.165, 1.54) is 11.1 Å². The van der Waals surface area contributed by atoms with E-state index in [4.69, 9.17) is 5.73 Å². The summed E-state index contributed by atoms with van der Waals surface area (Å²) < 4.78 is 0. The van der Waals surface area contributed by atoms with Crippen LogP contribution in [0.15, 0.2) is 24.3 Å². The second-order valence-electron chi connectivity index (χ2n) is 5.62. The van der Waals surface area contributed by atoms with Gasteiger partial charge in [0.05, 0.1) is 6.04 Å². The van der Waals surface area contributed by atoms with Gasteiger partial charge in [-0.1, -0.05) is 38.1 Å². The van der Waals surface area contributed by atoms with Crippen LogP contribution in [0.3, 0.4) is 0 Å². The molecular weight excluding hydrogens is 222 g/mol. The summed E-state index contributed by atoms with van der Waals surface area (Å²) in [6.45, 7) is 7.42. The Morgan fingerprint density at radius 2 is 1.83 bits per heavy atom. The number of hydrogen-bond acceptors (Lipinski definition) is 3. The zero-order valence-electron chi connectivity index (χ0n) is 11.6. The maximum Gasteiger partial charge on any atom is 0.0506 e. The Hall–Kier alpha value is -0.900. The van der Waals surface area contributed by atoms with Gasteiger partial charge in [-0.25, -0.2) is 5.43 Å². The minimum absolute atomic E-state index is 0.379. The van der Waals surface area contributed by atoms with Crippen LogP contribution < -0.4 is 16.6 Å². The van der Waals surface area contributed by atoms with Crippen molar-refractivity contribution >= 4 is 0 Å². The first kappa shape index (κ1) is 13.5. The molecule has 3 atom stereocenters. The van der Waals surface area contributed by atoms with Gasteiger partial charge in [-0.2, -0.15) is 0 Å². The van der Waals surface area contributed by atoms with E-state index in [2.05, 4.69) is 55.9 Å². The van der Waals surface area contributed by atoms with Crippen LogP contribution in [0.4, 0.5) is 0 Å². The molecule has 0 radical (unpaired) electrons. The lowest BCUT2D eigenvalue weighted by atomic mass is 9.87. The molecule has 1 saturated heterocycles. The molecule has 2 rings (SSSR count).